The van der Waals surface area contributed by atoms with E-state index >= 15 is 0 Å². The minimum absolute atomic E-state index is 0.0645. The van der Waals surface area contributed by atoms with E-state index in [2.05, 4.69) is 10.2 Å². The van der Waals surface area contributed by atoms with Crippen molar-refractivity contribution in [2.45, 2.75) is 45.9 Å². The highest BCUT2D eigenvalue weighted by molar-refractivity contribution is 6.00. The molecule has 0 saturated heterocycles. The minimum atomic E-state index is -2.89. The fourth-order valence-electron chi connectivity index (χ4n) is 3.53. The number of aromatic nitrogens is 2. The Kier molecular flexibility index (Phi) is 5.84. The van der Waals surface area contributed by atoms with E-state index in [1.165, 1.54) is 16.1 Å². The lowest BCUT2D eigenvalue weighted by atomic mass is 10.1. The third-order valence-electron chi connectivity index (χ3n) is 5.02. The van der Waals surface area contributed by atoms with Crippen LogP contribution in [0.25, 0.3) is 11.5 Å². The van der Waals surface area contributed by atoms with Crippen LogP contribution in [0.5, 0.6) is 0 Å². The summed E-state index contributed by atoms with van der Waals surface area (Å²) in [4.78, 5) is 26.3. The quantitative estimate of drug-likeness (QED) is 0.538. The molecule has 0 atom stereocenters. The van der Waals surface area contributed by atoms with Gasteiger partial charge in [-0.3, -0.25) is 4.79 Å². The first-order valence-electron chi connectivity index (χ1n) is 10.2. The average molecular weight is 456 g/mol. The number of alkyl halides is 2. The summed E-state index contributed by atoms with van der Waals surface area (Å²) in [6, 6.07) is 14.0. The van der Waals surface area contributed by atoms with E-state index < -0.39 is 29.9 Å². The van der Waals surface area contributed by atoms with Gasteiger partial charge in [0.2, 0.25) is 5.89 Å². The van der Waals surface area contributed by atoms with Crippen LogP contribution < -0.4 is 0 Å². The summed E-state index contributed by atoms with van der Waals surface area (Å²) in [5, 5.41) is 9.56. The number of benzene rings is 2. The molecule has 33 heavy (non-hydrogen) atoms. The van der Waals surface area contributed by atoms with Crippen molar-refractivity contribution in [1.29, 1.82) is 0 Å². The van der Waals surface area contributed by atoms with Crippen LogP contribution in [0.1, 0.15) is 54.6 Å². The normalized spacial score (nSPS) is 13.4. The second-order valence-electron chi connectivity index (χ2n) is 8.50. The Morgan fingerprint density at radius 3 is 2.55 bits per heavy atom. The monoisotopic (exact) mass is 456 g/mol. The van der Waals surface area contributed by atoms with E-state index in [0.29, 0.717) is 16.7 Å². The van der Waals surface area contributed by atoms with E-state index in [1.807, 2.05) is 30.3 Å². The molecule has 1 aliphatic heterocycles. The minimum Gasteiger partial charge on any atom is -0.443 e. The van der Waals surface area contributed by atoms with Crippen molar-refractivity contribution in [2.75, 3.05) is 0 Å². The van der Waals surface area contributed by atoms with Gasteiger partial charge in [-0.1, -0.05) is 36.4 Å². The Hall–Kier alpha value is -3.82. The maximum absolute atomic E-state index is 13.3. The average Bonchev–Trinajstić information content (AvgIpc) is 3.38. The van der Waals surface area contributed by atoms with Gasteiger partial charge < -0.3 is 9.15 Å². The lowest BCUT2D eigenvalue weighted by molar-refractivity contribution is -0.0577. The first-order valence-corrected chi connectivity index (χ1v) is 10.2. The second kappa shape index (κ2) is 8.61. The molecular weight excluding hydrogens is 434 g/mol. The fourth-order valence-corrected chi connectivity index (χ4v) is 3.53. The van der Waals surface area contributed by atoms with Gasteiger partial charge >= 0.3 is 12.5 Å². The number of hydrogen-bond donors (Lipinski definition) is 0. The maximum Gasteiger partial charge on any atom is 0.429 e. The lowest BCUT2D eigenvalue weighted by Crippen LogP contribution is -2.56. The molecule has 2 aromatic carbocycles. The number of rotatable bonds is 5. The standard InChI is InChI=1S/C23H22F2N4O4/c1-23(2,3)29(22(31)32-13-14-7-5-4-6-8-14)28-12-16-10-9-15(11-17(16)21(28)30)19-26-27-20(33-19)18(24)25/h4-11,18H,12-13H2,1-3H3. The lowest BCUT2D eigenvalue weighted by Gasteiger charge is -2.40. The number of nitrogens with zero attached hydrogens (tertiary/aromatic N) is 4. The number of fused-ring (bicyclic) bond motifs is 1. The van der Waals surface area contributed by atoms with Gasteiger partial charge in [0.15, 0.2) is 0 Å². The number of amides is 2. The second-order valence-corrected chi connectivity index (χ2v) is 8.50. The smallest absolute Gasteiger partial charge is 0.429 e. The van der Waals surface area contributed by atoms with Crippen molar-refractivity contribution >= 4 is 12.0 Å². The van der Waals surface area contributed by atoms with Crippen molar-refractivity contribution in [1.82, 2.24) is 20.2 Å². The third kappa shape index (κ3) is 4.55. The van der Waals surface area contributed by atoms with E-state index in [-0.39, 0.29) is 19.0 Å². The van der Waals surface area contributed by atoms with Crippen LogP contribution in [0.2, 0.25) is 0 Å². The first-order chi connectivity index (χ1) is 15.6. The van der Waals surface area contributed by atoms with Crippen molar-refractivity contribution in [3.63, 3.8) is 0 Å². The summed E-state index contributed by atoms with van der Waals surface area (Å²) in [7, 11) is 0. The molecule has 1 aromatic heterocycles. The van der Waals surface area contributed by atoms with Gasteiger partial charge in [0.25, 0.3) is 11.8 Å². The van der Waals surface area contributed by atoms with Gasteiger partial charge in [0.05, 0.1) is 12.1 Å². The van der Waals surface area contributed by atoms with Gasteiger partial charge in [-0.05, 0) is 44.0 Å². The summed E-state index contributed by atoms with van der Waals surface area (Å²) in [6.07, 6.45) is -3.55. The summed E-state index contributed by atoms with van der Waals surface area (Å²) in [5.74, 6) is -1.33. The molecule has 3 aromatic rings. The zero-order chi connectivity index (χ0) is 23.8. The van der Waals surface area contributed by atoms with Gasteiger partial charge in [0.1, 0.15) is 6.61 Å². The van der Waals surface area contributed by atoms with Gasteiger partial charge in [0, 0.05) is 11.1 Å². The SMILES string of the molecule is CC(C)(C)N(C(=O)OCc1ccccc1)N1Cc2ccc(-c3nnc(C(F)F)o3)cc2C1=O. The van der Waals surface area contributed by atoms with Crippen LogP contribution in [0, 0.1) is 0 Å². The zero-order valence-corrected chi connectivity index (χ0v) is 18.3. The summed E-state index contributed by atoms with van der Waals surface area (Å²) in [5.41, 5.74) is 1.38. The Labute approximate surface area is 188 Å². The van der Waals surface area contributed by atoms with Crippen LogP contribution in [0.3, 0.4) is 0 Å². The molecule has 8 nitrogen and oxygen atoms in total. The first kappa shape index (κ1) is 22.4. The number of carbonyl (C=O) groups excluding carboxylic acids is 2. The maximum atomic E-state index is 13.3. The number of halogens is 2. The molecule has 4 rings (SSSR count). The number of carbonyl (C=O) groups is 2. The van der Waals surface area contributed by atoms with Crippen molar-refractivity contribution in [3.05, 3.63) is 71.1 Å². The number of hydrogen-bond acceptors (Lipinski definition) is 6. The molecule has 2 amide bonds. The van der Waals surface area contributed by atoms with Gasteiger partial charge in [-0.2, -0.15) is 8.78 Å². The Morgan fingerprint density at radius 1 is 1.18 bits per heavy atom. The van der Waals surface area contributed by atoms with Crippen LogP contribution in [-0.4, -0.2) is 37.8 Å². The molecular formula is C23H22F2N4O4. The molecule has 0 aliphatic carbocycles. The van der Waals surface area contributed by atoms with E-state index in [0.717, 1.165) is 5.56 Å². The van der Waals surface area contributed by atoms with Crippen LogP contribution in [0.15, 0.2) is 52.9 Å². The molecule has 0 fully saturated rings. The topological polar surface area (TPSA) is 88.8 Å². The number of hydrazine groups is 1. The predicted molar refractivity (Wildman–Crippen MR) is 113 cm³/mol. The zero-order valence-electron chi connectivity index (χ0n) is 18.3. The summed E-state index contributed by atoms with van der Waals surface area (Å²) < 4.78 is 36.0. The third-order valence-corrected chi connectivity index (χ3v) is 5.02. The number of ether oxygens (including phenoxy) is 1. The van der Waals surface area contributed by atoms with Crippen molar-refractivity contribution < 1.29 is 27.5 Å². The van der Waals surface area contributed by atoms with Crippen molar-refractivity contribution in [2.24, 2.45) is 0 Å². The highest BCUT2D eigenvalue weighted by Crippen LogP contribution is 2.32. The highest BCUT2D eigenvalue weighted by atomic mass is 19.3. The Balaban J connectivity index is 1.57. The predicted octanol–water partition coefficient (Wildman–Crippen LogP) is 4.98. The molecule has 10 heteroatoms. The van der Waals surface area contributed by atoms with E-state index in [9.17, 15) is 18.4 Å². The van der Waals surface area contributed by atoms with E-state index in [4.69, 9.17) is 9.15 Å². The summed E-state index contributed by atoms with van der Waals surface area (Å²) in [6.45, 7) is 5.60. The molecule has 0 unspecified atom stereocenters. The van der Waals surface area contributed by atoms with E-state index in [1.54, 1.807) is 32.9 Å². The molecule has 1 aliphatic rings. The van der Waals surface area contributed by atoms with Crippen LogP contribution in [-0.2, 0) is 17.9 Å². The molecule has 0 bridgehead atoms. The molecule has 2 heterocycles. The largest absolute Gasteiger partial charge is 0.443 e. The molecule has 0 saturated carbocycles. The van der Waals surface area contributed by atoms with Gasteiger partial charge in [-0.15, -0.1) is 10.2 Å². The summed E-state index contributed by atoms with van der Waals surface area (Å²) >= 11 is 0. The Morgan fingerprint density at radius 2 is 1.91 bits per heavy atom. The van der Waals surface area contributed by atoms with Crippen molar-refractivity contribution in [3.8, 4) is 11.5 Å². The van der Waals surface area contributed by atoms with Crippen LogP contribution in [0.4, 0.5) is 13.6 Å². The van der Waals surface area contributed by atoms with Crippen LogP contribution >= 0.6 is 0 Å². The fraction of sp³-hybridized carbons (Fsp3) is 0.304. The van der Waals surface area contributed by atoms with Gasteiger partial charge in [-0.25, -0.2) is 14.8 Å². The highest BCUT2D eigenvalue weighted by Gasteiger charge is 2.41. The molecule has 0 N–H and O–H groups in total. The Bertz CT molecular complexity index is 1170. The molecule has 0 radical (unpaired) electrons. The molecule has 172 valence electrons. The molecule has 0 spiro atoms.